The van der Waals surface area contributed by atoms with Crippen LogP contribution in [-0.2, 0) is 11.8 Å². The van der Waals surface area contributed by atoms with Gasteiger partial charge in [-0.1, -0.05) is 158 Å². The lowest BCUT2D eigenvalue weighted by molar-refractivity contribution is 0.653. The normalized spacial score (nSPS) is 16.4. The van der Waals surface area contributed by atoms with E-state index < -0.39 is 6.04 Å². The molecule has 0 saturated heterocycles. The Morgan fingerprint density at radius 1 is 0.609 bits per heavy atom. The number of hydrogen-bond acceptors (Lipinski definition) is 2. The van der Waals surface area contributed by atoms with Crippen LogP contribution in [0.2, 0.25) is 0 Å². The average molecular weight is 627 g/mol. The van der Waals surface area contributed by atoms with Crippen LogP contribution in [0.25, 0.3) is 44.2 Å². The lowest BCUT2D eigenvalue weighted by Gasteiger charge is -2.26. The zero-order valence-electron chi connectivity index (χ0n) is 25.4. The first-order valence-electron chi connectivity index (χ1n) is 15.9. The molecule has 2 unspecified atom stereocenters. The highest BCUT2D eigenvalue weighted by Crippen LogP contribution is 2.45. The fourth-order valence-corrected chi connectivity index (χ4v) is 11.2. The van der Waals surface area contributed by atoms with E-state index in [2.05, 4.69) is 169 Å². The highest BCUT2D eigenvalue weighted by atomic mass is 32.4. The molecule has 0 aliphatic heterocycles. The van der Waals surface area contributed by atoms with Crippen molar-refractivity contribution in [3.8, 4) is 0 Å². The second-order valence-electron chi connectivity index (χ2n) is 12.3. The molecule has 0 saturated carbocycles. The van der Waals surface area contributed by atoms with Gasteiger partial charge in [-0.3, -0.25) is 4.40 Å². The second-order valence-corrected chi connectivity index (χ2v) is 16.8. The van der Waals surface area contributed by atoms with E-state index in [0.717, 1.165) is 11.3 Å². The van der Waals surface area contributed by atoms with Crippen molar-refractivity contribution in [1.29, 1.82) is 0 Å². The van der Waals surface area contributed by atoms with Gasteiger partial charge in [0.15, 0.2) is 0 Å². The van der Waals surface area contributed by atoms with Crippen molar-refractivity contribution < 1.29 is 0 Å². The largest absolute Gasteiger partial charge is 0.292 e. The fraction of sp³-hybridized carbons (Fsp3) is 0.0714. The van der Waals surface area contributed by atoms with E-state index >= 15 is 0 Å². The maximum Gasteiger partial charge on any atom is 0.145 e. The number of fused-ring (bicyclic) bond motifs is 9. The van der Waals surface area contributed by atoms with Crippen LogP contribution < -0.4 is 15.9 Å². The Kier molecular flexibility index (Phi) is 6.35. The predicted octanol–water partition coefficient (Wildman–Crippen LogP) is 9.46. The van der Waals surface area contributed by atoms with E-state index in [1.807, 2.05) is 0 Å². The maximum atomic E-state index is 6.67. The summed E-state index contributed by atoms with van der Waals surface area (Å²) in [5.74, 6) is 0.437. The molecule has 2 heterocycles. The molecule has 4 heteroatoms. The monoisotopic (exact) mass is 626 g/mol. The second kappa shape index (κ2) is 10.6. The van der Waals surface area contributed by atoms with E-state index in [1.165, 1.54) is 59.6 Å². The summed E-state index contributed by atoms with van der Waals surface area (Å²) in [5, 5.41) is 9.81. The molecular weight excluding hydrogens is 596 g/mol. The number of aromatic nitrogens is 2. The van der Waals surface area contributed by atoms with E-state index in [4.69, 9.17) is 16.8 Å². The van der Waals surface area contributed by atoms with Crippen molar-refractivity contribution in [3.63, 3.8) is 0 Å². The average Bonchev–Trinajstić information content (AvgIpc) is 3.53. The molecule has 220 valence electrons. The summed E-state index contributed by atoms with van der Waals surface area (Å²) in [6.45, 7) is 2.33. The molecule has 0 fully saturated rings. The number of pyridine rings is 1. The Balaban J connectivity index is 1.17. The van der Waals surface area contributed by atoms with Gasteiger partial charge in [0.25, 0.3) is 0 Å². The van der Waals surface area contributed by atoms with E-state index in [1.54, 1.807) is 0 Å². The van der Waals surface area contributed by atoms with Gasteiger partial charge in [0, 0.05) is 28.6 Å². The number of allylic oxidation sites excluding steroid dienone is 1. The zero-order valence-corrected chi connectivity index (χ0v) is 27.1. The Bertz CT molecular complexity index is 2490. The van der Waals surface area contributed by atoms with Crippen LogP contribution in [0.1, 0.15) is 35.7 Å². The van der Waals surface area contributed by atoms with Gasteiger partial charge in [-0.15, -0.1) is 0 Å². The maximum absolute atomic E-state index is 6.67. The van der Waals surface area contributed by atoms with Crippen molar-refractivity contribution >= 4 is 77.9 Å². The lowest BCUT2D eigenvalue weighted by atomic mass is 9.80. The van der Waals surface area contributed by atoms with Gasteiger partial charge in [-0.05, 0) is 55.8 Å². The number of para-hydroxylation sites is 1. The molecule has 0 N–H and O–H groups in total. The van der Waals surface area contributed by atoms with E-state index in [0.29, 0.717) is 0 Å². The molecule has 9 rings (SSSR count). The van der Waals surface area contributed by atoms with Crippen LogP contribution in [0.4, 0.5) is 0 Å². The fourth-order valence-electron chi connectivity index (χ4n) is 7.49. The summed E-state index contributed by atoms with van der Waals surface area (Å²) in [6, 6.07) is 50.3. The van der Waals surface area contributed by atoms with Crippen LogP contribution in [0.15, 0.2) is 152 Å². The molecule has 2 atom stereocenters. The number of imidazole rings is 1. The Morgan fingerprint density at radius 3 is 1.98 bits per heavy atom. The van der Waals surface area contributed by atoms with Gasteiger partial charge in [0.1, 0.15) is 5.65 Å². The summed E-state index contributed by atoms with van der Waals surface area (Å²) in [7, 11) is 0. The molecular formula is C42H31N2PS. The van der Waals surface area contributed by atoms with Gasteiger partial charge in [0.2, 0.25) is 0 Å². The molecule has 1 aliphatic rings. The zero-order chi connectivity index (χ0) is 30.8. The molecule has 2 nitrogen and oxygen atoms in total. The smallest absolute Gasteiger partial charge is 0.145 e. The topological polar surface area (TPSA) is 17.3 Å². The molecule has 46 heavy (non-hydrogen) atoms. The summed E-state index contributed by atoms with van der Waals surface area (Å²) in [4.78, 5) is 5.37. The Hall–Kier alpha value is -4.82. The van der Waals surface area contributed by atoms with Crippen molar-refractivity contribution in [1.82, 2.24) is 9.38 Å². The van der Waals surface area contributed by atoms with Crippen LogP contribution in [-0.4, -0.2) is 9.38 Å². The minimum atomic E-state index is -2.23. The minimum Gasteiger partial charge on any atom is -0.292 e. The molecule has 0 spiro atoms. The first kappa shape index (κ1) is 27.5. The highest BCUT2D eigenvalue weighted by Gasteiger charge is 2.30. The third-order valence-electron chi connectivity index (χ3n) is 9.81. The molecule has 2 aromatic heterocycles. The standard InChI is InChI=1S/C42H31N2PS/c1-28-35(24-25-40-41(28)43-42-38-18-9-8-16-36(38)37-17-10-11-19-39(37)44(40)42)30-21-20-29-22-23-34(27-31(29)26-30)45(46,32-12-4-2-5-13-32)33-14-6-3-7-15-33/h2-28,35H,1H3. The van der Waals surface area contributed by atoms with Gasteiger partial charge < -0.3 is 0 Å². The molecule has 0 bridgehead atoms. The molecule has 8 aromatic rings. The van der Waals surface area contributed by atoms with Crippen LogP contribution in [0.3, 0.4) is 0 Å². The van der Waals surface area contributed by atoms with Gasteiger partial charge in [-0.2, -0.15) is 0 Å². The third-order valence-corrected chi connectivity index (χ3v) is 14.8. The number of hydrogen-bond donors (Lipinski definition) is 0. The van der Waals surface area contributed by atoms with Crippen molar-refractivity contribution in [3.05, 3.63) is 169 Å². The van der Waals surface area contributed by atoms with Crippen LogP contribution in [0, 0.1) is 0 Å². The number of benzene rings is 6. The lowest BCUT2D eigenvalue weighted by Crippen LogP contribution is -2.24. The van der Waals surface area contributed by atoms with Crippen molar-refractivity contribution in [2.45, 2.75) is 18.8 Å². The van der Waals surface area contributed by atoms with Crippen molar-refractivity contribution in [2.24, 2.45) is 0 Å². The van der Waals surface area contributed by atoms with Gasteiger partial charge in [-0.25, -0.2) is 4.98 Å². The SMILES string of the molecule is CC1c2nc3c4ccccc4c4ccccc4n3c2C=CC1c1ccc2ccc(P(=S)(c3ccccc3)c3ccccc3)cc2c1. The Labute approximate surface area is 273 Å². The molecule has 1 aliphatic carbocycles. The summed E-state index contributed by atoms with van der Waals surface area (Å²) in [5.41, 5.74) is 5.89. The van der Waals surface area contributed by atoms with Gasteiger partial charge >= 0.3 is 0 Å². The minimum absolute atomic E-state index is 0.217. The van der Waals surface area contributed by atoms with Crippen molar-refractivity contribution in [2.75, 3.05) is 0 Å². The molecule has 0 amide bonds. The summed E-state index contributed by atoms with van der Waals surface area (Å²) in [6.07, 6.45) is 4.68. The number of nitrogens with zero attached hydrogens (tertiary/aromatic N) is 2. The van der Waals surface area contributed by atoms with Crippen LogP contribution in [0.5, 0.6) is 0 Å². The summed E-state index contributed by atoms with van der Waals surface area (Å²) >= 11 is 6.67. The highest BCUT2D eigenvalue weighted by molar-refractivity contribution is 8.25. The summed E-state index contributed by atoms with van der Waals surface area (Å²) < 4.78 is 2.36. The molecule has 0 radical (unpaired) electrons. The quantitative estimate of drug-likeness (QED) is 0.143. The Morgan fingerprint density at radius 2 is 1.24 bits per heavy atom. The van der Waals surface area contributed by atoms with Gasteiger partial charge in [0.05, 0.1) is 16.9 Å². The first-order chi connectivity index (χ1) is 22.6. The first-order valence-corrected chi connectivity index (χ1v) is 18.7. The predicted molar refractivity (Wildman–Crippen MR) is 200 cm³/mol. The van der Waals surface area contributed by atoms with E-state index in [-0.39, 0.29) is 11.8 Å². The van der Waals surface area contributed by atoms with E-state index in [9.17, 15) is 0 Å². The third kappa shape index (κ3) is 4.09. The number of rotatable bonds is 4. The van der Waals surface area contributed by atoms with Crippen LogP contribution >= 0.6 is 6.04 Å². The molecule has 6 aromatic carbocycles.